The van der Waals surface area contributed by atoms with Gasteiger partial charge in [-0.2, -0.15) is 0 Å². The highest BCUT2D eigenvalue weighted by Crippen LogP contribution is 2.21. The quantitative estimate of drug-likeness (QED) is 0.657. The van der Waals surface area contributed by atoms with E-state index in [4.69, 9.17) is 16.3 Å². The van der Waals surface area contributed by atoms with Crippen molar-refractivity contribution < 1.29 is 4.74 Å². The summed E-state index contributed by atoms with van der Waals surface area (Å²) in [4.78, 5) is 0. The average molecular weight is 354 g/mol. The molecular weight excluding hydrogens is 336 g/mol. The highest BCUT2D eigenvalue weighted by atomic mass is 79.9. The third kappa shape index (κ3) is 4.53. The molecule has 2 aromatic carbocycles. The van der Waals surface area contributed by atoms with Gasteiger partial charge in [-0.25, -0.2) is 0 Å². The first-order chi connectivity index (χ1) is 9.71. The minimum atomic E-state index is 0.429. The van der Waals surface area contributed by atoms with Crippen LogP contribution in [-0.2, 0) is 12.8 Å². The molecule has 0 saturated heterocycles. The van der Waals surface area contributed by atoms with Crippen LogP contribution in [-0.4, -0.2) is 13.0 Å². The first-order valence-corrected chi connectivity index (χ1v) is 7.97. The summed E-state index contributed by atoms with van der Waals surface area (Å²) in [7, 11) is 1.69. The van der Waals surface area contributed by atoms with Gasteiger partial charge in [0.1, 0.15) is 5.75 Å². The van der Waals surface area contributed by atoms with Crippen molar-refractivity contribution in [3.8, 4) is 5.75 Å². The van der Waals surface area contributed by atoms with Gasteiger partial charge < -0.3 is 4.74 Å². The van der Waals surface area contributed by atoms with Gasteiger partial charge in [-0.3, -0.25) is 0 Å². The SMILES string of the molecule is COc1cccc(CC(CCl)Cc2cccc(Br)c2)c1. The molecule has 0 aromatic heterocycles. The summed E-state index contributed by atoms with van der Waals surface area (Å²) in [6.45, 7) is 0. The molecule has 20 heavy (non-hydrogen) atoms. The Morgan fingerprint density at radius 1 is 1.05 bits per heavy atom. The molecule has 1 atom stereocenters. The topological polar surface area (TPSA) is 9.23 Å². The van der Waals surface area contributed by atoms with E-state index in [1.807, 2.05) is 18.2 Å². The summed E-state index contributed by atoms with van der Waals surface area (Å²) in [5.41, 5.74) is 2.58. The molecule has 2 aromatic rings. The molecule has 0 aliphatic heterocycles. The molecule has 0 N–H and O–H groups in total. The van der Waals surface area contributed by atoms with E-state index < -0.39 is 0 Å². The fraction of sp³-hybridized carbons (Fsp3) is 0.294. The van der Waals surface area contributed by atoms with Gasteiger partial charge in [-0.1, -0.05) is 40.2 Å². The van der Waals surface area contributed by atoms with Crippen LogP contribution < -0.4 is 4.74 Å². The van der Waals surface area contributed by atoms with Crippen molar-refractivity contribution in [3.63, 3.8) is 0 Å². The van der Waals surface area contributed by atoms with E-state index >= 15 is 0 Å². The molecule has 1 unspecified atom stereocenters. The number of rotatable bonds is 6. The number of alkyl halides is 1. The number of methoxy groups -OCH3 is 1. The van der Waals surface area contributed by atoms with E-state index in [0.29, 0.717) is 11.8 Å². The van der Waals surface area contributed by atoms with Crippen molar-refractivity contribution in [2.24, 2.45) is 5.92 Å². The summed E-state index contributed by atoms with van der Waals surface area (Å²) in [5.74, 6) is 1.99. The molecule has 0 aliphatic carbocycles. The zero-order chi connectivity index (χ0) is 14.4. The Bertz CT molecular complexity index is 556. The third-order valence-electron chi connectivity index (χ3n) is 3.29. The smallest absolute Gasteiger partial charge is 0.119 e. The van der Waals surface area contributed by atoms with Crippen LogP contribution in [0, 0.1) is 5.92 Å². The van der Waals surface area contributed by atoms with E-state index in [-0.39, 0.29) is 0 Å². The zero-order valence-electron chi connectivity index (χ0n) is 11.5. The Morgan fingerprint density at radius 2 is 1.70 bits per heavy atom. The monoisotopic (exact) mass is 352 g/mol. The van der Waals surface area contributed by atoms with Crippen LogP contribution in [0.25, 0.3) is 0 Å². The molecule has 2 rings (SSSR count). The van der Waals surface area contributed by atoms with Gasteiger partial charge in [0.25, 0.3) is 0 Å². The summed E-state index contributed by atoms with van der Waals surface area (Å²) in [6, 6.07) is 16.6. The fourth-order valence-corrected chi connectivity index (χ4v) is 2.98. The minimum absolute atomic E-state index is 0.429. The van der Waals surface area contributed by atoms with Crippen LogP contribution in [0.1, 0.15) is 11.1 Å². The second kappa shape index (κ2) is 7.70. The molecule has 0 aliphatic rings. The molecule has 106 valence electrons. The van der Waals surface area contributed by atoms with Crippen molar-refractivity contribution in [2.45, 2.75) is 12.8 Å². The van der Waals surface area contributed by atoms with Crippen molar-refractivity contribution in [1.82, 2.24) is 0 Å². The van der Waals surface area contributed by atoms with Crippen LogP contribution in [0.5, 0.6) is 5.75 Å². The van der Waals surface area contributed by atoms with Crippen molar-refractivity contribution in [2.75, 3.05) is 13.0 Å². The normalized spacial score (nSPS) is 12.2. The highest BCUT2D eigenvalue weighted by molar-refractivity contribution is 9.10. The van der Waals surface area contributed by atoms with Crippen LogP contribution >= 0.6 is 27.5 Å². The Morgan fingerprint density at radius 3 is 2.30 bits per heavy atom. The number of ether oxygens (including phenoxy) is 1. The Kier molecular flexibility index (Phi) is 5.93. The molecule has 3 heteroatoms. The second-order valence-electron chi connectivity index (χ2n) is 4.91. The van der Waals surface area contributed by atoms with Crippen LogP contribution in [0.3, 0.4) is 0 Å². The first kappa shape index (κ1) is 15.4. The van der Waals surface area contributed by atoms with E-state index in [2.05, 4.69) is 46.3 Å². The van der Waals surface area contributed by atoms with Gasteiger partial charge in [0.2, 0.25) is 0 Å². The molecule has 0 saturated carbocycles. The summed E-state index contributed by atoms with van der Waals surface area (Å²) < 4.78 is 6.38. The molecule has 0 spiro atoms. The largest absolute Gasteiger partial charge is 0.497 e. The molecule has 0 heterocycles. The van der Waals surface area contributed by atoms with Crippen LogP contribution in [0.4, 0.5) is 0 Å². The Balaban J connectivity index is 2.05. The van der Waals surface area contributed by atoms with Gasteiger partial charge in [0.05, 0.1) is 7.11 Å². The van der Waals surface area contributed by atoms with E-state index in [1.54, 1.807) is 7.11 Å². The number of benzene rings is 2. The van der Waals surface area contributed by atoms with E-state index in [1.165, 1.54) is 11.1 Å². The van der Waals surface area contributed by atoms with E-state index in [9.17, 15) is 0 Å². The van der Waals surface area contributed by atoms with Crippen LogP contribution in [0.2, 0.25) is 0 Å². The lowest BCUT2D eigenvalue weighted by molar-refractivity contribution is 0.414. The number of hydrogen-bond donors (Lipinski definition) is 0. The third-order valence-corrected chi connectivity index (χ3v) is 4.22. The van der Waals surface area contributed by atoms with Crippen LogP contribution in [0.15, 0.2) is 53.0 Å². The fourth-order valence-electron chi connectivity index (χ4n) is 2.31. The summed E-state index contributed by atoms with van der Waals surface area (Å²) >= 11 is 9.65. The van der Waals surface area contributed by atoms with Crippen molar-refractivity contribution >= 4 is 27.5 Å². The van der Waals surface area contributed by atoms with Gasteiger partial charge in [0, 0.05) is 10.4 Å². The lowest BCUT2D eigenvalue weighted by Crippen LogP contribution is -2.10. The Hall–Kier alpha value is -0.990. The summed E-state index contributed by atoms with van der Waals surface area (Å²) in [6.07, 6.45) is 1.95. The van der Waals surface area contributed by atoms with Gasteiger partial charge in [-0.15, -0.1) is 11.6 Å². The second-order valence-corrected chi connectivity index (χ2v) is 6.13. The zero-order valence-corrected chi connectivity index (χ0v) is 13.8. The number of halogens is 2. The standard InChI is InChI=1S/C17H18BrClO/c1-20-17-7-3-5-14(11-17)9-15(12-19)8-13-4-2-6-16(18)10-13/h2-7,10-11,15H,8-9,12H2,1H3. The lowest BCUT2D eigenvalue weighted by Gasteiger charge is -2.15. The van der Waals surface area contributed by atoms with Gasteiger partial charge in [-0.05, 0) is 54.2 Å². The highest BCUT2D eigenvalue weighted by Gasteiger charge is 2.10. The first-order valence-electron chi connectivity index (χ1n) is 6.64. The summed E-state index contributed by atoms with van der Waals surface area (Å²) in [5, 5.41) is 0. The average Bonchev–Trinajstić information content (AvgIpc) is 2.47. The van der Waals surface area contributed by atoms with Crippen molar-refractivity contribution in [1.29, 1.82) is 0 Å². The molecule has 1 nitrogen and oxygen atoms in total. The molecular formula is C17H18BrClO. The molecule has 0 amide bonds. The van der Waals surface area contributed by atoms with Gasteiger partial charge >= 0.3 is 0 Å². The minimum Gasteiger partial charge on any atom is -0.497 e. The maximum Gasteiger partial charge on any atom is 0.119 e. The lowest BCUT2D eigenvalue weighted by atomic mass is 9.94. The molecule has 0 fully saturated rings. The molecule has 0 radical (unpaired) electrons. The molecule has 0 bridgehead atoms. The number of hydrogen-bond acceptors (Lipinski definition) is 1. The predicted molar refractivity (Wildman–Crippen MR) is 88.8 cm³/mol. The van der Waals surface area contributed by atoms with Gasteiger partial charge in [0.15, 0.2) is 0 Å². The van der Waals surface area contributed by atoms with Crippen molar-refractivity contribution in [3.05, 3.63) is 64.1 Å². The maximum absolute atomic E-state index is 6.14. The maximum atomic E-state index is 6.14. The Labute approximate surface area is 134 Å². The van der Waals surface area contributed by atoms with E-state index in [0.717, 1.165) is 23.1 Å². The predicted octanol–water partition coefficient (Wildman–Crippen LogP) is 5.10.